The van der Waals surface area contributed by atoms with E-state index < -0.39 is 14.7 Å². The van der Waals surface area contributed by atoms with Crippen molar-refractivity contribution >= 4 is 27.5 Å². The van der Waals surface area contributed by atoms with Crippen molar-refractivity contribution in [1.29, 1.82) is 5.26 Å². The van der Waals surface area contributed by atoms with Crippen LogP contribution in [0, 0.1) is 11.3 Å². The Morgan fingerprint density at radius 1 is 1.19 bits per heavy atom. The van der Waals surface area contributed by atoms with Gasteiger partial charge in [-0.2, -0.15) is 5.26 Å². The minimum absolute atomic E-state index is 0.00932. The summed E-state index contributed by atoms with van der Waals surface area (Å²) in [4.78, 5) is -0.421. The smallest absolute Gasteiger partial charge is 0.216 e. The Bertz CT molecular complexity index is 834. The summed E-state index contributed by atoms with van der Waals surface area (Å²) in [6, 6.07) is 13.2. The normalized spacial score (nSPS) is 11.9. The number of hydrogen-bond acceptors (Lipinski definition) is 4. The number of rotatable bonds is 3. The molecule has 2 rings (SSSR count). The molecule has 0 aromatic heterocycles. The van der Waals surface area contributed by atoms with Gasteiger partial charge in [-0.1, -0.05) is 23.7 Å². The number of benzene rings is 2. The first-order valence-electron chi connectivity index (χ1n) is 5.85. The van der Waals surface area contributed by atoms with Crippen molar-refractivity contribution in [2.24, 2.45) is 0 Å². The number of halogens is 1. The SMILES string of the molecule is N#C/C(=C\c1cccc(O)c1)S(=O)(=O)c1ccc(Cl)cc1. The van der Waals surface area contributed by atoms with Gasteiger partial charge in [0.2, 0.25) is 9.84 Å². The van der Waals surface area contributed by atoms with Crippen molar-refractivity contribution in [2.45, 2.75) is 4.90 Å². The van der Waals surface area contributed by atoms with E-state index in [1.165, 1.54) is 42.5 Å². The number of phenolic OH excluding ortho intramolecular Hbond substituents is 1. The second-order valence-corrected chi connectivity index (χ2v) is 6.53. The quantitative estimate of drug-likeness (QED) is 0.880. The first-order valence-corrected chi connectivity index (χ1v) is 7.71. The molecular formula is C15H10ClNO3S. The lowest BCUT2D eigenvalue weighted by Crippen LogP contribution is -2.03. The van der Waals surface area contributed by atoms with Crippen LogP contribution >= 0.6 is 11.6 Å². The second-order valence-electron chi connectivity index (χ2n) is 4.17. The summed E-state index contributed by atoms with van der Waals surface area (Å²) in [6.07, 6.45) is 1.21. The Morgan fingerprint density at radius 2 is 1.86 bits per heavy atom. The fraction of sp³-hybridized carbons (Fsp3) is 0. The van der Waals surface area contributed by atoms with Crippen LogP contribution in [0.25, 0.3) is 6.08 Å². The molecule has 0 aliphatic heterocycles. The number of aromatic hydroxyl groups is 1. The van der Waals surface area contributed by atoms with Crippen molar-refractivity contribution in [2.75, 3.05) is 0 Å². The summed E-state index contributed by atoms with van der Waals surface area (Å²) in [5.41, 5.74) is 0.420. The molecule has 4 nitrogen and oxygen atoms in total. The third kappa shape index (κ3) is 3.43. The first-order chi connectivity index (χ1) is 9.93. The zero-order valence-electron chi connectivity index (χ0n) is 10.7. The molecule has 2 aromatic carbocycles. The van der Waals surface area contributed by atoms with Crippen LogP contribution in [-0.2, 0) is 9.84 Å². The van der Waals surface area contributed by atoms with E-state index in [-0.39, 0.29) is 10.6 Å². The largest absolute Gasteiger partial charge is 0.508 e. The van der Waals surface area contributed by atoms with Crippen molar-refractivity contribution in [1.82, 2.24) is 0 Å². The molecule has 0 radical (unpaired) electrons. The molecule has 0 saturated heterocycles. The summed E-state index contributed by atoms with van der Waals surface area (Å²) >= 11 is 5.72. The number of phenols is 1. The molecule has 2 aromatic rings. The molecule has 0 amide bonds. The average molecular weight is 320 g/mol. The number of nitriles is 1. The fourth-order valence-electron chi connectivity index (χ4n) is 1.68. The van der Waals surface area contributed by atoms with E-state index in [1.54, 1.807) is 18.2 Å². The Morgan fingerprint density at radius 3 is 2.43 bits per heavy atom. The van der Waals surface area contributed by atoms with Crippen molar-refractivity contribution in [3.63, 3.8) is 0 Å². The van der Waals surface area contributed by atoms with Gasteiger partial charge in [0.05, 0.1) is 4.90 Å². The zero-order chi connectivity index (χ0) is 15.5. The third-order valence-corrected chi connectivity index (χ3v) is 4.62. The molecule has 0 atom stereocenters. The van der Waals surface area contributed by atoms with E-state index >= 15 is 0 Å². The minimum atomic E-state index is -3.92. The molecule has 106 valence electrons. The summed E-state index contributed by atoms with van der Waals surface area (Å²) in [5, 5.41) is 18.9. The lowest BCUT2D eigenvalue weighted by molar-refractivity contribution is 0.475. The van der Waals surface area contributed by atoms with Crippen LogP contribution in [0.15, 0.2) is 58.3 Å². The highest BCUT2D eigenvalue weighted by Gasteiger charge is 2.20. The second kappa shape index (κ2) is 6.00. The molecule has 0 aliphatic rings. The first kappa shape index (κ1) is 15.1. The molecule has 0 fully saturated rings. The Labute approximate surface area is 127 Å². The molecular weight excluding hydrogens is 310 g/mol. The van der Waals surface area contributed by atoms with Gasteiger partial charge in [-0.15, -0.1) is 0 Å². The Balaban J connectivity index is 2.50. The van der Waals surface area contributed by atoms with E-state index in [9.17, 15) is 13.5 Å². The van der Waals surface area contributed by atoms with Gasteiger partial charge in [-0.25, -0.2) is 8.42 Å². The summed E-state index contributed by atoms with van der Waals surface area (Å²) in [7, 11) is -3.92. The van der Waals surface area contributed by atoms with Crippen LogP contribution in [0.5, 0.6) is 5.75 Å². The lowest BCUT2D eigenvalue weighted by Gasteiger charge is -2.03. The number of hydrogen-bond donors (Lipinski definition) is 1. The highest BCUT2D eigenvalue weighted by molar-refractivity contribution is 7.95. The molecule has 1 N–H and O–H groups in total. The topological polar surface area (TPSA) is 78.2 Å². The van der Waals surface area contributed by atoms with E-state index in [4.69, 9.17) is 16.9 Å². The van der Waals surface area contributed by atoms with E-state index in [0.29, 0.717) is 10.6 Å². The van der Waals surface area contributed by atoms with Crippen LogP contribution in [0.2, 0.25) is 5.02 Å². The monoisotopic (exact) mass is 319 g/mol. The van der Waals surface area contributed by atoms with E-state index in [2.05, 4.69) is 0 Å². The number of nitrogens with zero attached hydrogens (tertiary/aromatic N) is 1. The van der Waals surface area contributed by atoms with Gasteiger partial charge in [0.15, 0.2) is 0 Å². The molecule has 6 heteroatoms. The van der Waals surface area contributed by atoms with Crippen LogP contribution < -0.4 is 0 Å². The van der Waals surface area contributed by atoms with Crippen molar-refractivity contribution in [3.05, 3.63) is 64.0 Å². The number of allylic oxidation sites excluding steroid dienone is 1. The van der Waals surface area contributed by atoms with E-state index in [1.807, 2.05) is 0 Å². The van der Waals surface area contributed by atoms with Crippen LogP contribution in [0.1, 0.15) is 5.56 Å². The van der Waals surface area contributed by atoms with Crippen LogP contribution in [0.3, 0.4) is 0 Å². The van der Waals surface area contributed by atoms with Gasteiger partial charge < -0.3 is 5.11 Å². The van der Waals surface area contributed by atoms with Crippen LogP contribution in [-0.4, -0.2) is 13.5 Å². The predicted molar refractivity (Wildman–Crippen MR) is 80.3 cm³/mol. The predicted octanol–water partition coefficient (Wildman–Crippen LogP) is 3.38. The van der Waals surface area contributed by atoms with Gasteiger partial charge in [0, 0.05) is 5.02 Å². The summed E-state index contributed by atoms with van der Waals surface area (Å²) in [6.45, 7) is 0. The van der Waals surface area contributed by atoms with Gasteiger partial charge in [0.25, 0.3) is 0 Å². The van der Waals surface area contributed by atoms with Gasteiger partial charge in [-0.05, 0) is 48.0 Å². The Hall–Kier alpha value is -2.29. The molecule has 0 heterocycles. The summed E-state index contributed by atoms with van der Waals surface area (Å²) in [5.74, 6) is -0.00932. The zero-order valence-corrected chi connectivity index (χ0v) is 12.3. The highest BCUT2D eigenvalue weighted by atomic mass is 35.5. The lowest BCUT2D eigenvalue weighted by atomic mass is 10.2. The molecule has 0 unspecified atom stereocenters. The molecule has 0 spiro atoms. The third-order valence-electron chi connectivity index (χ3n) is 2.69. The molecule has 0 aliphatic carbocycles. The molecule has 0 bridgehead atoms. The Kier molecular flexibility index (Phi) is 4.32. The maximum Gasteiger partial charge on any atom is 0.216 e. The van der Waals surface area contributed by atoms with Gasteiger partial charge in [0.1, 0.15) is 16.7 Å². The maximum absolute atomic E-state index is 12.4. The average Bonchev–Trinajstić information content (AvgIpc) is 2.45. The number of sulfone groups is 1. The van der Waals surface area contributed by atoms with Crippen molar-refractivity contribution < 1.29 is 13.5 Å². The van der Waals surface area contributed by atoms with E-state index in [0.717, 1.165) is 0 Å². The fourth-order valence-corrected chi connectivity index (χ4v) is 2.96. The molecule has 0 saturated carbocycles. The van der Waals surface area contributed by atoms with Gasteiger partial charge >= 0.3 is 0 Å². The molecule has 21 heavy (non-hydrogen) atoms. The minimum Gasteiger partial charge on any atom is -0.508 e. The van der Waals surface area contributed by atoms with Crippen LogP contribution in [0.4, 0.5) is 0 Å². The highest BCUT2D eigenvalue weighted by Crippen LogP contribution is 2.23. The van der Waals surface area contributed by atoms with Gasteiger partial charge in [-0.3, -0.25) is 0 Å². The van der Waals surface area contributed by atoms with Crippen molar-refractivity contribution in [3.8, 4) is 11.8 Å². The summed E-state index contributed by atoms with van der Waals surface area (Å²) < 4.78 is 24.7. The standard InChI is InChI=1S/C15H10ClNO3S/c16-12-4-6-14(7-5-12)21(19,20)15(10-17)9-11-2-1-3-13(18)8-11/h1-9,18H/b15-9+. The maximum atomic E-state index is 12.4.